The number of benzene rings is 2. The molecule has 6 nitrogen and oxygen atoms in total. The number of halogens is 2. The summed E-state index contributed by atoms with van der Waals surface area (Å²) in [5, 5.41) is 11.0. The fraction of sp³-hybridized carbons (Fsp3) is 0.0588. The minimum Gasteiger partial charge on any atom is -0.374 e. The van der Waals surface area contributed by atoms with Crippen LogP contribution in [0.4, 0.5) is 10.8 Å². The van der Waals surface area contributed by atoms with Gasteiger partial charge in [-0.1, -0.05) is 62.8 Å². The molecule has 138 valence electrons. The highest BCUT2D eigenvalue weighted by molar-refractivity contribution is 9.10. The molecule has 0 radical (unpaired) electrons. The number of hydrogen-bond acceptors (Lipinski definition) is 7. The summed E-state index contributed by atoms with van der Waals surface area (Å²) in [4.78, 5) is 25.2. The maximum Gasteiger partial charge on any atom is 0.234 e. The average molecular weight is 484 g/mol. The molecule has 0 saturated heterocycles. The number of nitrogens with two attached hydrogens (primary N) is 1. The molecule has 2 aromatic carbocycles. The lowest BCUT2D eigenvalue weighted by molar-refractivity contribution is -0.113. The third-order valence-corrected chi connectivity index (χ3v) is 6.08. The molecule has 0 aliphatic rings. The fourth-order valence-electron chi connectivity index (χ4n) is 2.20. The monoisotopic (exact) mass is 482 g/mol. The quantitative estimate of drug-likeness (QED) is 0.396. The number of thioether (sulfide) groups is 1. The zero-order valence-corrected chi connectivity index (χ0v) is 17.6. The summed E-state index contributed by atoms with van der Waals surface area (Å²) in [6, 6.07) is 11.8. The molecule has 0 atom stereocenters. The molecule has 3 aromatic rings. The fourth-order valence-corrected chi connectivity index (χ4v) is 4.21. The van der Waals surface area contributed by atoms with Gasteiger partial charge in [-0.2, -0.15) is 0 Å². The van der Waals surface area contributed by atoms with Gasteiger partial charge in [0, 0.05) is 15.6 Å². The van der Waals surface area contributed by atoms with Gasteiger partial charge in [-0.05, 0) is 30.3 Å². The Balaban J connectivity index is 1.78. The van der Waals surface area contributed by atoms with Crippen LogP contribution in [0.15, 0.2) is 51.3 Å². The van der Waals surface area contributed by atoms with Gasteiger partial charge in [0.2, 0.25) is 11.0 Å². The van der Waals surface area contributed by atoms with Crippen molar-refractivity contribution in [2.75, 3.05) is 16.8 Å². The molecule has 0 spiro atoms. The van der Waals surface area contributed by atoms with Crippen molar-refractivity contribution >= 4 is 73.1 Å². The van der Waals surface area contributed by atoms with Crippen molar-refractivity contribution in [1.82, 2.24) is 10.2 Å². The number of nitrogen functional groups attached to an aromatic ring is 1. The third-order valence-electron chi connectivity index (χ3n) is 3.37. The first kappa shape index (κ1) is 19.8. The predicted molar refractivity (Wildman–Crippen MR) is 113 cm³/mol. The second-order valence-corrected chi connectivity index (χ2v) is 8.80. The molecule has 0 aliphatic carbocycles. The van der Waals surface area contributed by atoms with Crippen LogP contribution in [0, 0.1) is 0 Å². The Morgan fingerprint density at radius 1 is 1.19 bits per heavy atom. The van der Waals surface area contributed by atoms with Crippen molar-refractivity contribution in [2.45, 2.75) is 4.34 Å². The lowest BCUT2D eigenvalue weighted by Gasteiger charge is -2.11. The predicted octanol–water partition coefficient (Wildman–Crippen LogP) is 4.50. The molecule has 1 aromatic heterocycles. The van der Waals surface area contributed by atoms with Crippen molar-refractivity contribution in [2.24, 2.45) is 0 Å². The maximum atomic E-state index is 12.9. The Hall–Kier alpha value is -1.94. The SMILES string of the molecule is Nc1nnc(SCC(=O)Nc2ccc(Br)cc2C(=O)c2ccccc2Cl)s1. The number of nitrogens with one attached hydrogen (secondary N) is 1. The van der Waals surface area contributed by atoms with Gasteiger partial charge in [-0.25, -0.2) is 0 Å². The van der Waals surface area contributed by atoms with Crippen LogP contribution in [0.1, 0.15) is 15.9 Å². The first-order valence-corrected chi connectivity index (χ1v) is 10.5. The van der Waals surface area contributed by atoms with Gasteiger partial charge >= 0.3 is 0 Å². The van der Waals surface area contributed by atoms with Crippen molar-refractivity contribution in [3.05, 3.63) is 63.1 Å². The summed E-state index contributed by atoms with van der Waals surface area (Å²) in [7, 11) is 0. The van der Waals surface area contributed by atoms with Crippen LogP contribution in [0.2, 0.25) is 5.02 Å². The van der Waals surface area contributed by atoms with E-state index in [2.05, 4.69) is 31.4 Å². The molecule has 27 heavy (non-hydrogen) atoms. The van der Waals surface area contributed by atoms with E-state index < -0.39 is 0 Å². The van der Waals surface area contributed by atoms with Gasteiger partial charge in [-0.3, -0.25) is 9.59 Å². The number of carbonyl (C=O) groups excluding carboxylic acids is 2. The zero-order chi connectivity index (χ0) is 19.4. The minimum atomic E-state index is -0.276. The van der Waals surface area contributed by atoms with Crippen LogP contribution in [0.3, 0.4) is 0 Å². The molecule has 10 heteroatoms. The van der Waals surface area contributed by atoms with Crippen LogP contribution in [-0.4, -0.2) is 27.6 Å². The number of anilines is 2. The van der Waals surface area contributed by atoms with E-state index in [1.807, 2.05) is 0 Å². The topological polar surface area (TPSA) is 98.0 Å². The highest BCUT2D eigenvalue weighted by Crippen LogP contribution is 2.28. The van der Waals surface area contributed by atoms with Crippen LogP contribution in [0.5, 0.6) is 0 Å². The molecular formula is C17H12BrClN4O2S2. The smallest absolute Gasteiger partial charge is 0.234 e. The number of rotatable bonds is 6. The van der Waals surface area contributed by atoms with Gasteiger partial charge in [-0.15, -0.1) is 10.2 Å². The summed E-state index contributed by atoms with van der Waals surface area (Å²) in [6.07, 6.45) is 0. The second kappa shape index (κ2) is 8.83. The van der Waals surface area contributed by atoms with Crippen molar-refractivity contribution < 1.29 is 9.59 Å². The van der Waals surface area contributed by atoms with Crippen LogP contribution in [-0.2, 0) is 4.79 Å². The Kier molecular flexibility index (Phi) is 6.48. The van der Waals surface area contributed by atoms with Crippen LogP contribution in [0.25, 0.3) is 0 Å². The minimum absolute atomic E-state index is 0.115. The summed E-state index contributed by atoms with van der Waals surface area (Å²) in [5.41, 5.74) is 6.64. The Labute approximate surface area is 176 Å². The number of carbonyl (C=O) groups is 2. The number of aromatic nitrogens is 2. The highest BCUT2D eigenvalue weighted by Gasteiger charge is 2.18. The van der Waals surface area contributed by atoms with E-state index in [0.29, 0.717) is 31.3 Å². The largest absolute Gasteiger partial charge is 0.374 e. The molecule has 0 fully saturated rings. The van der Waals surface area contributed by atoms with E-state index >= 15 is 0 Å². The van der Waals surface area contributed by atoms with Crippen molar-refractivity contribution in [1.29, 1.82) is 0 Å². The third kappa shape index (κ3) is 5.07. The van der Waals surface area contributed by atoms with Gasteiger partial charge in [0.15, 0.2) is 10.1 Å². The molecule has 1 heterocycles. The van der Waals surface area contributed by atoms with Crippen LogP contribution < -0.4 is 11.1 Å². The number of amides is 1. The van der Waals surface area contributed by atoms with Gasteiger partial charge in [0.1, 0.15) is 0 Å². The molecule has 3 N–H and O–H groups in total. The van der Waals surface area contributed by atoms with Gasteiger partial charge in [0.25, 0.3) is 0 Å². The highest BCUT2D eigenvalue weighted by atomic mass is 79.9. The first-order chi connectivity index (χ1) is 12.9. The van der Waals surface area contributed by atoms with Crippen molar-refractivity contribution in [3.63, 3.8) is 0 Å². The van der Waals surface area contributed by atoms with E-state index in [4.69, 9.17) is 17.3 Å². The van der Waals surface area contributed by atoms with E-state index in [9.17, 15) is 9.59 Å². The normalized spacial score (nSPS) is 10.6. The van der Waals surface area contributed by atoms with Crippen molar-refractivity contribution in [3.8, 4) is 0 Å². The molecule has 0 aliphatic heterocycles. The lowest BCUT2D eigenvalue weighted by atomic mass is 10.0. The van der Waals surface area contributed by atoms with Gasteiger partial charge < -0.3 is 11.1 Å². The average Bonchev–Trinajstić information content (AvgIpc) is 3.07. The standard InChI is InChI=1S/C17H12BrClN4O2S2/c18-9-5-6-13(21-14(24)8-26-17-23-22-16(20)27-17)11(7-9)15(25)10-3-1-2-4-12(10)19/h1-7H,8H2,(H2,20,22)(H,21,24). The zero-order valence-electron chi connectivity index (χ0n) is 13.6. The molecule has 0 unspecified atom stereocenters. The summed E-state index contributed by atoms with van der Waals surface area (Å²) < 4.78 is 1.32. The first-order valence-electron chi connectivity index (χ1n) is 7.54. The Morgan fingerprint density at radius 2 is 1.96 bits per heavy atom. The lowest BCUT2D eigenvalue weighted by Crippen LogP contribution is -2.17. The molecular weight excluding hydrogens is 472 g/mol. The number of nitrogens with zero attached hydrogens (tertiary/aromatic N) is 2. The number of ketones is 1. The molecule has 3 rings (SSSR count). The van der Waals surface area contributed by atoms with E-state index in [0.717, 1.165) is 4.47 Å². The maximum absolute atomic E-state index is 12.9. The van der Waals surface area contributed by atoms with E-state index in [1.54, 1.807) is 42.5 Å². The molecule has 1 amide bonds. The summed E-state index contributed by atoms with van der Waals surface area (Å²) >= 11 is 11.9. The summed E-state index contributed by atoms with van der Waals surface area (Å²) in [6.45, 7) is 0. The summed E-state index contributed by atoms with van der Waals surface area (Å²) in [5.74, 6) is -0.434. The van der Waals surface area contributed by atoms with E-state index in [1.165, 1.54) is 23.1 Å². The Morgan fingerprint density at radius 3 is 2.67 bits per heavy atom. The number of hydrogen-bond donors (Lipinski definition) is 2. The van der Waals surface area contributed by atoms with Gasteiger partial charge in [0.05, 0.1) is 16.5 Å². The molecule has 0 bridgehead atoms. The molecule has 0 saturated carbocycles. The Bertz CT molecular complexity index is 1010. The van der Waals surface area contributed by atoms with Crippen LogP contribution >= 0.6 is 50.6 Å². The second-order valence-electron chi connectivity index (χ2n) is 5.24. The van der Waals surface area contributed by atoms with E-state index in [-0.39, 0.29) is 17.4 Å².